The molecule has 1 aliphatic carbocycles. The van der Waals surface area contributed by atoms with Gasteiger partial charge in [-0.25, -0.2) is 4.79 Å². The number of hydrogen-bond acceptors (Lipinski definition) is 4. The van der Waals surface area contributed by atoms with Crippen LogP contribution in [0.5, 0.6) is 0 Å². The Balaban J connectivity index is 0.00000264. The van der Waals surface area contributed by atoms with Gasteiger partial charge in [-0.3, -0.25) is 4.79 Å². The van der Waals surface area contributed by atoms with Crippen LogP contribution in [-0.2, 0) is 47.0 Å². The number of ketones is 1. The maximum atomic E-state index is 12.3. The van der Waals surface area contributed by atoms with Gasteiger partial charge in [0.15, 0.2) is 6.10 Å². The molecule has 0 spiro atoms. The SMILES string of the molecule is C[CH-]CC(=O)[C@H](CC1CCCCC1)OC(=O)N1CCOCC1.[Y]. The van der Waals surface area contributed by atoms with Gasteiger partial charge in [0.1, 0.15) is 5.78 Å². The predicted octanol–water partition coefficient (Wildman–Crippen LogP) is 2.98. The van der Waals surface area contributed by atoms with Gasteiger partial charge in [-0.1, -0.05) is 32.1 Å². The second-order valence-corrected chi connectivity index (χ2v) is 6.29. The number of carbonyl (C=O) groups is 2. The predicted molar refractivity (Wildman–Crippen MR) is 83.5 cm³/mol. The van der Waals surface area contributed by atoms with Crippen LogP contribution in [0.4, 0.5) is 4.79 Å². The van der Waals surface area contributed by atoms with E-state index in [2.05, 4.69) is 0 Å². The Kier molecular flexibility index (Phi) is 10.6. The normalized spacial score (nSPS) is 20.5. The molecule has 2 aliphatic rings. The fraction of sp³-hybridized carbons (Fsp3) is 0.824. The number of rotatable bonds is 6. The van der Waals surface area contributed by atoms with E-state index in [0.717, 1.165) is 12.8 Å². The third-order valence-corrected chi connectivity index (χ3v) is 4.55. The van der Waals surface area contributed by atoms with Crippen molar-refractivity contribution < 1.29 is 51.8 Å². The number of carbonyl (C=O) groups excluding carboxylic acids is 2. The quantitative estimate of drug-likeness (QED) is 0.645. The minimum absolute atomic E-state index is 0. The van der Waals surface area contributed by atoms with E-state index in [1.54, 1.807) is 4.90 Å². The molecule has 0 aromatic heterocycles. The first-order chi connectivity index (χ1) is 10.7. The standard InChI is InChI=1S/C17H28NO4.Y/c1-2-6-15(19)16(13-14-7-4-3-5-8-14)22-17(20)18-9-11-21-12-10-18;/h2,14,16H,3-13H2,1H3;/q-1;/t16-;/m0./s1. The molecule has 1 heterocycles. The number of ether oxygens (including phenoxy) is 2. The zero-order valence-corrected chi connectivity index (χ0v) is 17.0. The van der Waals surface area contributed by atoms with Gasteiger partial charge >= 0.3 is 6.09 Å². The molecule has 2 fully saturated rings. The molecular weight excluding hydrogens is 371 g/mol. The van der Waals surface area contributed by atoms with Crippen LogP contribution in [0.1, 0.15) is 51.9 Å². The van der Waals surface area contributed by atoms with Crippen molar-refractivity contribution in [3.63, 3.8) is 0 Å². The number of morpholine rings is 1. The van der Waals surface area contributed by atoms with Crippen LogP contribution in [0, 0.1) is 12.3 Å². The average Bonchev–Trinajstić information content (AvgIpc) is 2.56. The molecule has 0 aromatic rings. The van der Waals surface area contributed by atoms with Crippen molar-refractivity contribution in [1.29, 1.82) is 0 Å². The summed E-state index contributed by atoms with van der Waals surface area (Å²) in [6.07, 6.45) is 7.96. The minimum Gasteiger partial charge on any atom is -0.438 e. The minimum atomic E-state index is -0.588. The summed E-state index contributed by atoms with van der Waals surface area (Å²) in [5.41, 5.74) is 0. The van der Waals surface area contributed by atoms with Crippen LogP contribution in [0.15, 0.2) is 0 Å². The van der Waals surface area contributed by atoms with E-state index in [4.69, 9.17) is 9.47 Å². The van der Waals surface area contributed by atoms with Crippen molar-refractivity contribution >= 4 is 11.9 Å². The molecule has 2 rings (SSSR count). The molecule has 0 N–H and O–H groups in total. The Morgan fingerprint density at radius 2 is 1.87 bits per heavy atom. The Bertz CT molecular complexity index is 366. The molecule has 1 amide bonds. The van der Waals surface area contributed by atoms with Crippen LogP contribution in [0.25, 0.3) is 0 Å². The van der Waals surface area contributed by atoms with Crippen molar-refractivity contribution in [1.82, 2.24) is 4.90 Å². The van der Waals surface area contributed by atoms with Crippen molar-refractivity contribution in [3.8, 4) is 0 Å². The molecule has 5 nitrogen and oxygen atoms in total. The zero-order chi connectivity index (χ0) is 15.8. The van der Waals surface area contributed by atoms with Crippen LogP contribution in [0.3, 0.4) is 0 Å². The van der Waals surface area contributed by atoms with E-state index in [9.17, 15) is 9.59 Å². The third-order valence-electron chi connectivity index (χ3n) is 4.55. The largest absolute Gasteiger partial charge is 0.438 e. The van der Waals surface area contributed by atoms with Crippen molar-refractivity contribution in [2.24, 2.45) is 5.92 Å². The first-order valence-electron chi connectivity index (χ1n) is 8.54. The van der Waals surface area contributed by atoms with E-state index in [1.807, 2.05) is 13.3 Å². The Morgan fingerprint density at radius 1 is 1.22 bits per heavy atom. The van der Waals surface area contributed by atoms with Gasteiger partial charge in [-0.15, -0.1) is 6.42 Å². The summed E-state index contributed by atoms with van der Waals surface area (Å²) < 4.78 is 10.8. The van der Waals surface area contributed by atoms with Crippen molar-refractivity contribution in [2.75, 3.05) is 26.3 Å². The Morgan fingerprint density at radius 3 is 2.48 bits per heavy atom. The molecule has 1 radical (unpaired) electrons. The summed E-state index contributed by atoms with van der Waals surface area (Å²) in [6.45, 7) is 4.03. The van der Waals surface area contributed by atoms with Gasteiger partial charge in [-0.05, 0) is 12.3 Å². The molecule has 23 heavy (non-hydrogen) atoms. The van der Waals surface area contributed by atoms with Gasteiger partial charge in [0.05, 0.1) is 13.2 Å². The zero-order valence-electron chi connectivity index (χ0n) is 14.2. The van der Waals surface area contributed by atoms with Gasteiger partial charge in [-0.2, -0.15) is 6.92 Å². The van der Waals surface area contributed by atoms with Gasteiger partial charge in [0.25, 0.3) is 0 Å². The van der Waals surface area contributed by atoms with E-state index in [0.29, 0.717) is 45.1 Å². The molecule has 129 valence electrons. The van der Waals surface area contributed by atoms with Crippen LogP contribution in [0.2, 0.25) is 0 Å². The average molecular weight is 399 g/mol. The second-order valence-electron chi connectivity index (χ2n) is 6.29. The molecule has 0 bridgehead atoms. The molecule has 1 aliphatic heterocycles. The second kappa shape index (κ2) is 11.5. The van der Waals surface area contributed by atoms with E-state index in [-0.39, 0.29) is 44.6 Å². The summed E-state index contributed by atoms with van der Waals surface area (Å²) in [5.74, 6) is 0.534. The summed E-state index contributed by atoms with van der Waals surface area (Å²) in [7, 11) is 0. The summed E-state index contributed by atoms with van der Waals surface area (Å²) >= 11 is 0. The van der Waals surface area contributed by atoms with Crippen LogP contribution >= 0.6 is 0 Å². The fourth-order valence-corrected chi connectivity index (χ4v) is 3.25. The maximum absolute atomic E-state index is 12.3. The number of nitrogens with zero attached hydrogens (tertiary/aromatic N) is 1. The molecule has 1 saturated heterocycles. The first kappa shape index (κ1) is 21.0. The van der Waals surface area contributed by atoms with Gasteiger partial charge < -0.3 is 20.8 Å². The molecule has 0 unspecified atom stereocenters. The third kappa shape index (κ3) is 7.19. The number of amides is 1. The Hall–Kier alpha value is 0.00390. The summed E-state index contributed by atoms with van der Waals surface area (Å²) in [4.78, 5) is 26.2. The molecular formula is C17H28NO4Y-. The molecule has 0 aromatic carbocycles. The molecule has 1 atom stereocenters. The van der Waals surface area contributed by atoms with Crippen LogP contribution in [-0.4, -0.2) is 49.2 Å². The Labute approximate surface area is 164 Å². The van der Waals surface area contributed by atoms with Crippen molar-refractivity contribution in [2.45, 2.75) is 58.0 Å². The van der Waals surface area contributed by atoms with Crippen molar-refractivity contribution in [3.05, 3.63) is 6.42 Å². The monoisotopic (exact) mass is 399 g/mol. The molecule has 1 saturated carbocycles. The fourth-order valence-electron chi connectivity index (χ4n) is 3.25. The topological polar surface area (TPSA) is 55.8 Å². The van der Waals surface area contributed by atoms with Gasteiger partial charge in [0, 0.05) is 45.8 Å². The van der Waals surface area contributed by atoms with E-state index in [1.165, 1.54) is 19.3 Å². The number of Topliss-reactive ketones (excluding diaryl/α,β-unsaturated/α-hetero) is 1. The van der Waals surface area contributed by atoms with Crippen LogP contribution < -0.4 is 0 Å². The first-order valence-corrected chi connectivity index (χ1v) is 8.54. The summed E-state index contributed by atoms with van der Waals surface area (Å²) in [6, 6.07) is 0. The smallest absolute Gasteiger partial charge is 0.410 e. The van der Waals surface area contributed by atoms with E-state index < -0.39 is 6.10 Å². The van der Waals surface area contributed by atoms with E-state index >= 15 is 0 Å². The van der Waals surface area contributed by atoms with Gasteiger partial charge in [0.2, 0.25) is 0 Å². The summed E-state index contributed by atoms with van der Waals surface area (Å²) in [5, 5.41) is 0. The number of hydrogen-bond donors (Lipinski definition) is 0. The molecule has 6 heteroatoms. The maximum Gasteiger partial charge on any atom is 0.410 e.